The number of nitrogens with one attached hydrogen (secondary N) is 1. The molecule has 0 amide bonds. The highest BCUT2D eigenvalue weighted by Gasteiger charge is 2.27. The highest BCUT2D eigenvalue weighted by atomic mass is 35.5. The van der Waals surface area contributed by atoms with E-state index in [9.17, 15) is 4.79 Å². The summed E-state index contributed by atoms with van der Waals surface area (Å²) in [4.78, 5) is 11.5. The Labute approximate surface area is 99.7 Å². The monoisotopic (exact) mass is 239 g/mol. The van der Waals surface area contributed by atoms with Gasteiger partial charge in [-0.15, -0.1) is 0 Å². The van der Waals surface area contributed by atoms with Gasteiger partial charge >= 0.3 is 5.97 Å². The van der Waals surface area contributed by atoms with Crippen LogP contribution in [0.5, 0.6) is 0 Å². The van der Waals surface area contributed by atoms with Crippen LogP contribution in [0, 0.1) is 5.92 Å². The van der Waals surface area contributed by atoms with E-state index < -0.39 is 5.56 Å². The van der Waals surface area contributed by atoms with Crippen LogP contribution in [0.3, 0.4) is 0 Å². The predicted octanol–water partition coefficient (Wildman–Crippen LogP) is 1.56. The Morgan fingerprint density at radius 1 is 1.44 bits per heavy atom. The number of rotatable bonds is 4. The molecule has 0 saturated carbocycles. The van der Waals surface area contributed by atoms with E-state index in [1.165, 1.54) is 0 Å². The van der Waals surface area contributed by atoms with Crippen LogP contribution < -0.4 is 5.32 Å². The Hall–Kier alpha value is -1.06. The van der Waals surface area contributed by atoms with E-state index in [4.69, 9.17) is 16.3 Å². The van der Waals surface area contributed by atoms with Gasteiger partial charge in [-0.3, -0.25) is 4.79 Å². The highest BCUT2D eigenvalue weighted by molar-refractivity contribution is 6.20. The summed E-state index contributed by atoms with van der Waals surface area (Å²) in [6.45, 7) is 1.40. The van der Waals surface area contributed by atoms with Crippen molar-refractivity contribution >= 4 is 17.6 Å². The minimum absolute atomic E-state index is 0.0166. The van der Waals surface area contributed by atoms with Crippen molar-refractivity contribution < 1.29 is 9.53 Å². The first-order chi connectivity index (χ1) is 7.75. The van der Waals surface area contributed by atoms with Gasteiger partial charge in [0.2, 0.25) is 0 Å². The fourth-order valence-corrected chi connectivity index (χ4v) is 1.78. The largest absolute Gasteiger partial charge is 0.445 e. The maximum Gasteiger partial charge on any atom is 0.313 e. The third kappa shape index (κ3) is 2.97. The predicted molar refractivity (Wildman–Crippen MR) is 62.2 cm³/mol. The standard InChI is InChI=1S/C12H14ClNO2/c13-11(6-9-4-2-1-3-5-9)16-12(15)10-7-14-8-10/h1-5,10-11,14H,6-8H2. The van der Waals surface area contributed by atoms with Crippen molar-refractivity contribution in [3.63, 3.8) is 0 Å². The van der Waals surface area contributed by atoms with Crippen molar-refractivity contribution in [3.8, 4) is 0 Å². The van der Waals surface area contributed by atoms with E-state index >= 15 is 0 Å². The molecule has 86 valence electrons. The molecule has 0 aliphatic carbocycles. The Bertz CT molecular complexity index is 351. The summed E-state index contributed by atoms with van der Waals surface area (Å²) in [6, 6.07) is 9.76. The first-order valence-electron chi connectivity index (χ1n) is 5.35. The number of carbonyl (C=O) groups excluding carboxylic acids is 1. The second-order valence-electron chi connectivity index (χ2n) is 3.89. The summed E-state index contributed by atoms with van der Waals surface area (Å²) >= 11 is 5.97. The Balaban J connectivity index is 1.79. The molecule has 1 unspecified atom stereocenters. The van der Waals surface area contributed by atoms with Crippen LogP contribution in [0.15, 0.2) is 30.3 Å². The summed E-state index contributed by atoms with van der Waals surface area (Å²) in [6.07, 6.45) is 0.550. The van der Waals surface area contributed by atoms with Gasteiger partial charge < -0.3 is 10.1 Å². The van der Waals surface area contributed by atoms with E-state index in [0.717, 1.165) is 5.56 Å². The SMILES string of the molecule is O=C(OC(Cl)Cc1ccccc1)C1CNC1. The van der Waals surface area contributed by atoms with Crippen molar-refractivity contribution in [1.82, 2.24) is 5.32 Å². The average molecular weight is 240 g/mol. The van der Waals surface area contributed by atoms with Crippen LogP contribution in [-0.4, -0.2) is 24.6 Å². The summed E-state index contributed by atoms with van der Waals surface area (Å²) in [7, 11) is 0. The lowest BCUT2D eigenvalue weighted by Crippen LogP contribution is -2.47. The van der Waals surface area contributed by atoms with Gasteiger partial charge in [0.05, 0.1) is 5.92 Å². The lowest BCUT2D eigenvalue weighted by molar-refractivity contribution is -0.152. The molecule has 0 bridgehead atoms. The lowest BCUT2D eigenvalue weighted by atomic mass is 10.0. The number of hydrogen-bond donors (Lipinski definition) is 1. The molecule has 1 atom stereocenters. The molecule has 1 aromatic carbocycles. The number of hydrogen-bond acceptors (Lipinski definition) is 3. The van der Waals surface area contributed by atoms with E-state index in [2.05, 4.69) is 5.32 Å². The summed E-state index contributed by atoms with van der Waals surface area (Å²) in [5, 5.41) is 3.02. The fourth-order valence-electron chi connectivity index (χ4n) is 1.52. The fraction of sp³-hybridized carbons (Fsp3) is 0.417. The molecule has 3 nitrogen and oxygen atoms in total. The molecule has 1 aromatic rings. The van der Waals surface area contributed by atoms with Gasteiger partial charge in [-0.1, -0.05) is 41.9 Å². The molecule has 1 N–H and O–H groups in total. The summed E-state index contributed by atoms with van der Waals surface area (Å²) < 4.78 is 5.14. The summed E-state index contributed by atoms with van der Waals surface area (Å²) in [5.41, 5.74) is 0.498. The zero-order valence-corrected chi connectivity index (χ0v) is 9.61. The zero-order chi connectivity index (χ0) is 11.4. The third-order valence-corrected chi connectivity index (χ3v) is 2.84. The van der Waals surface area contributed by atoms with Crippen LogP contribution in [0.4, 0.5) is 0 Å². The molecule has 0 aromatic heterocycles. The molecule has 1 aliphatic rings. The second-order valence-corrected chi connectivity index (χ2v) is 4.38. The molecule has 4 heteroatoms. The molecular weight excluding hydrogens is 226 g/mol. The maximum absolute atomic E-state index is 11.5. The maximum atomic E-state index is 11.5. The van der Waals surface area contributed by atoms with Gasteiger partial charge in [0, 0.05) is 19.5 Å². The topological polar surface area (TPSA) is 38.3 Å². The number of esters is 1. The molecular formula is C12H14ClNO2. The van der Waals surface area contributed by atoms with Crippen LogP contribution in [0.1, 0.15) is 5.56 Å². The van der Waals surface area contributed by atoms with Crippen molar-refractivity contribution in [3.05, 3.63) is 35.9 Å². The molecule has 0 spiro atoms. The minimum Gasteiger partial charge on any atom is -0.445 e. The van der Waals surface area contributed by atoms with Gasteiger partial charge in [-0.2, -0.15) is 0 Å². The highest BCUT2D eigenvalue weighted by Crippen LogP contribution is 2.13. The molecule has 1 saturated heterocycles. The molecule has 0 radical (unpaired) electrons. The van der Waals surface area contributed by atoms with Gasteiger partial charge in [-0.25, -0.2) is 0 Å². The van der Waals surface area contributed by atoms with Crippen molar-refractivity contribution in [2.75, 3.05) is 13.1 Å². The van der Waals surface area contributed by atoms with Crippen molar-refractivity contribution in [2.24, 2.45) is 5.92 Å². The van der Waals surface area contributed by atoms with Crippen molar-refractivity contribution in [2.45, 2.75) is 12.0 Å². The van der Waals surface area contributed by atoms with E-state index in [1.54, 1.807) is 0 Å². The molecule has 1 heterocycles. The number of alkyl halides is 1. The molecule has 1 aliphatic heterocycles. The number of carbonyl (C=O) groups is 1. The lowest BCUT2D eigenvalue weighted by Gasteiger charge is -2.26. The molecule has 16 heavy (non-hydrogen) atoms. The van der Waals surface area contributed by atoms with E-state index in [1.807, 2.05) is 30.3 Å². The normalized spacial score (nSPS) is 17.6. The Morgan fingerprint density at radius 3 is 2.69 bits per heavy atom. The molecule has 2 rings (SSSR count). The zero-order valence-electron chi connectivity index (χ0n) is 8.86. The summed E-state index contributed by atoms with van der Waals surface area (Å²) in [5.74, 6) is -0.216. The number of benzene rings is 1. The average Bonchev–Trinajstić information content (AvgIpc) is 2.15. The Kier molecular flexibility index (Phi) is 3.80. The van der Waals surface area contributed by atoms with Crippen molar-refractivity contribution in [1.29, 1.82) is 0 Å². The number of ether oxygens (including phenoxy) is 1. The van der Waals surface area contributed by atoms with Crippen LogP contribution in [-0.2, 0) is 16.0 Å². The van der Waals surface area contributed by atoms with E-state index in [0.29, 0.717) is 19.5 Å². The van der Waals surface area contributed by atoms with Gasteiger partial charge in [0.15, 0.2) is 5.56 Å². The van der Waals surface area contributed by atoms with Crippen LogP contribution in [0.25, 0.3) is 0 Å². The van der Waals surface area contributed by atoms with Gasteiger partial charge in [0.25, 0.3) is 0 Å². The minimum atomic E-state index is -0.574. The number of halogens is 1. The van der Waals surface area contributed by atoms with Crippen LogP contribution >= 0.6 is 11.6 Å². The second kappa shape index (κ2) is 5.32. The Morgan fingerprint density at radius 2 is 2.12 bits per heavy atom. The molecule has 1 fully saturated rings. The first kappa shape index (κ1) is 11.4. The first-order valence-corrected chi connectivity index (χ1v) is 5.78. The van der Waals surface area contributed by atoms with E-state index in [-0.39, 0.29) is 11.9 Å². The van der Waals surface area contributed by atoms with Gasteiger partial charge in [0.1, 0.15) is 0 Å². The van der Waals surface area contributed by atoms with Crippen LogP contribution in [0.2, 0.25) is 0 Å². The smallest absolute Gasteiger partial charge is 0.313 e. The third-order valence-electron chi connectivity index (χ3n) is 2.60. The quantitative estimate of drug-likeness (QED) is 0.640. The van der Waals surface area contributed by atoms with Gasteiger partial charge in [-0.05, 0) is 5.56 Å².